The van der Waals surface area contributed by atoms with Crippen LogP contribution in [-0.4, -0.2) is 39.3 Å². The molecule has 6 nitrogen and oxygen atoms in total. The third-order valence-corrected chi connectivity index (χ3v) is 4.77. The van der Waals surface area contributed by atoms with Crippen LogP contribution in [0, 0.1) is 0 Å². The Morgan fingerprint density at radius 1 is 1.30 bits per heavy atom. The van der Waals surface area contributed by atoms with E-state index < -0.39 is 10.2 Å². The van der Waals surface area contributed by atoms with Gasteiger partial charge in [0.1, 0.15) is 0 Å². The highest BCUT2D eigenvalue weighted by Gasteiger charge is 2.15. The Morgan fingerprint density at radius 3 is 2.75 bits per heavy atom. The van der Waals surface area contributed by atoms with Gasteiger partial charge in [0.25, 0.3) is 10.2 Å². The van der Waals surface area contributed by atoms with E-state index >= 15 is 0 Å². The first-order valence-electron chi connectivity index (χ1n) is 6.47. The number of hydrogen-bond donors (Lipinski definition) is 2. The van der Waals surface area contributed by atoms with Crippen LogP contribution in [0.4, 0.5) is 5.69 Å². The molecule has 1 aliphatic heterocycles. The quantitative estimate of drug-likeness (QED) is 0.831. The summed E-state index contributed by atoms with van der Waals surface area (Å²) in [6.07, 6.45) is 1.86. The minimum Gasteiger partial charge on any atom is -0.326 e. The first-order chi connectivity index (χ1) is 9.38. The fraction of sp³-hybridized carbons (Fsp3) is 0.462. The van der Waals surface area contributed by atoms with Gasteiger partial charge in [0.15, 0.2) is 0 Å². The molecule has 0 aromatic heterocycles. The second-order valence-electron chi connectivity index (χ2n) is 4.97. The second kappa shape index (κ2) is 5.90. The van der Waals surface area contributed by atoms with Crippen molar-refractivity contribution in [3.05, 3.63) is 29.3 Å². The Kier molecular flexibility index (Phi) is 4.42. The van der Waals surface area contributed by atoms with Crippen molar-refractivity contribution in [1.82, 2.24) is 9.03 Å². The minimum atomic E-state index is -3.37. The molecular weight excluding hydrogens is 278 g/mol. The number of fused-ring (bicyclic) bond motifs is 1. The van der Waals surface area contributed by atoms with Crippen LogP contribution in [0.3, 0.4) is 0 Å². The summed E-state index contributed by atoms with van der Waals surface area (Å²) < 4.78 is 26.8. The molecule has 0 atom stereocenters. The lowest BCUT2D eigenvalue weighted by Gasteiger charge is -2.18. The van der Waals surface area contributed by atoms with Crippen LogP contribution in [0.2, 0.25) is 0 Å². The normalized spacial score (nSPS) is 15.1. The third-order valence-electron chi connectivity index (χ3n) is 3.24. The molecule has 1 heterocycles. The van der Waals surface area contributed by atoms with Crippen LogP contribution < -0.4 is 10.0 Å². The number of nitrogens with one attached hydrogen (secondary N) is 2. The SMILES string of the molecule is CN(C)S(=O)(=O)NCCc1ccc2c(c1)CCC(=O)N2. The van der Waals surface area contributed by atoms with Crippen molar-refractivity contribution in [1.29, 1.82) is 0 Å². The van der Waals surface area contributed by atoms with Crippen molar-refractivity contribution in [2.45, 2.75) is 19.3 Å². The van der Waals surface area contributed by atoms with Crippen LogP contribution in [0.5, 0.6) is 0 Å². The molecule has 110 valence electrons. The molecule has 0 fully saturated rings. The summed E-state index contributed by atoms with van der Waals surface area (Å²) in [6, 6.07) is 5.81. The van der Waals surface area contributed by atoms with E-state index in [1.165, 1.54) is 14.1 Å². The van der Waals surface area contributed by atoms with Gasteiger partial charge < -0.3 is 5.32 Å². The Bertz CT molecular complexity index is 611. The van der Waals surface area contributed by atoms with E-state index in [-0.39, 0.29) is 5.91 Å². The summed E-state index contributed by atoms with van der Waals surface area (Å²) in [5.74, 6) is 0.0454. The smallest absolute Gasteiger partial charge is 0.278 e. The molecule has 0 saturated heterocycles. The average Bonchev–Trinajstić information content (AvgIpc) is 2.38. The molecule has 0 spiro atoms. The van der Waals surface area contributed by atoms with Gasteiger partial charge in [-0.05, 0) is 30.0 Å². The van der Waals surface area contributed by atoms with Gasteiger partial charge in [-0.3, -0.25) is 4.79 Å². The van der Waals surface area contributed by atoms with Crippen LogP contribution >= 0.6 is 0 Å². The van der Waals surface area contributed by atoms with Gasteiger partial charge in [-0.15, -0.1) is 0 Å². The van der Waals surface area contributed by atoms with E-state index in [1.54, 1.807) is 0 Å². The fourth-order valence-electron chi connectivity index (χ4n) is 2.05. The lowest BCUT2D eigenvalue weighted by atomic mass is 9.99. The summed E-state index contributed by atoms with van der Waals surface area (Å²) in [7, 11) is -0.387. The number of amides is 1. The van der Waals surface area contributed by atoms with Gasteiger partial charge in [0.05, 0.1) is 0 Å². The predicted octanol–water partition coefficient (Wildman–Crippen LogP) is 0.510. The Morgan fingerprint density at radius 2 is 2.05 bits per heavy atom. The van der Waals surface area contributed by atoms with Crippen LogP contribution in [-0.2, 0) is 27.8 Å². The highest BCUT2D eigenvalue weighted by molar-refractivity contribution is 7.87. The molecule has 2 N–H and O–H groups in total. The number of nitrogens with zero attached hydrogens (tertiary/aromatic N) is 1. The summed E-state index contributed by atoms with van der Waals surface area (Å²) in [5.41, 5.74) is 3.03. The Labute approximate surface area is 119 Å². The molecule has 0 unspecified atom stereocenters. The average molecular weight is 297 g/mol. The van der Waals surface area contributed by atoms with Gasteiger partial charge in [-0.1, -0.05) is 12.1 Å². The standard InChI is InChI=1S/C13H19N3O3S/c1-16(2)20(18,19)14-8-7-10-3-5-12-11(9-10)4-6-13(17)15-12/h3,5,9,14H,4,6-8H2,1-2H3,(H,15,17). The van der Waals surface area contributed by atoms with Gasteiger partial charge >= 0.3 is 0 Å². The van der Waals surface area contributed by atoms with Crippen molar-refractivity contribution in [3.8, 4) is 0 Å². The number of anilines is 1. The number of carbonyl (C=O) groups is 1. The number of hydrogen-bond acceptors (Lipinski definition) is 3. The molecule has 1 amide bonds. The predicted molar refractivity (Wildman–Crippen MR) is 77.7 cm³/mol. The molecule has 1 aromatic carbocycles. The van der Waals surface area contributed by atoms with Crippen molar-refractivity contribution < 1.29 is 13.2 Å². The van der Waals surface area contributed by atoms with E-state index in [4.69, 9.17) is 0 Å². The maximum absolute atomic E-state index is 11.6. The zero-order valence-electron chi connectivity index (χ0n) is 11.6. The topological polar surface area (TPSA) is 78.5 Å². The van der Waals surface area contributed by atoms with Crippen LogP contribution in [0.15, 0.2) is 18.2 Å². The lowest BCUT2D eigenvalue weighted by Crippen LogP contribution is -2.36. The maximum atomic E-state index is 11.6. The lowest BCUT2D eigenvalue weighted by molar-refractivity contribution is -0.116. The molecule has 20 heavy (non-hydrogen) atoms. The maximum Gasteiger partial charge on any atom is 0.278 e. The summed E-state index contributed by atoms with van der Waals surface area (Å²) in [6.45, 7) is 0.353. The molecular formula is C13H19N3O3S. The summed E-state index contributed by atoms with van der Waals surface area (Å²) in [4.78, 5) is 11.3. The summed E-state index contributed by atoms with van der Waals surface area (Å²) in [5, 5.41) is 2.83. The van der Waals surface area contributed by atoms with Gasteiger partial charge in [-0.25, -0.2) is 4.72 Å². The number of carbonyl (C=O) groups excluding carboxylic acids is 1. The highest BCUT2D eigenvalue weighted by Crippen LogP contribution is 2.23. The highest BCUT2D eigenvalue weighted by atomic mass is 32.2. The Hall–Kier alpha value is -1.44. The molecule has 2 rings (SSSR count). The van der Waals surface area contributed by atoms with Crippen molar-refractivity contribution in [3.63, 3.8) is 0 Å². The number of aryl methyl sites for hydroxylation is 1. The van der Waals surface area contributed by atoms with Crippen LogP contribution in [0.1, 0.15) is 17.5 Å². The molecule has 0 bridgehead atoms. The van der Waals surface area contributed by atoms with E-state index in [0.717, 1.165) is 27.5 Å². The summed E-state index contributed by atoms with van der Waals surface area (Å²) >= 11 is 0. The fourth-order valence-corrected chi connectivity index (χ4v) is 2.66. The van der Waals surface area contributed by atoms with E-state index in [2.05, 4.69) is 10.0 Å². The zero-order chi connectivity index (χ0) is 14.8. The second-order valence-corrected chi connectivity index (χ2v) is 6.94. The minimum absolute atomic E-state index is 0.0454. The van der Waals surface area contributed by atoms with Gasteiger partial charge in [0, 0.05) is 32.7 Å². The number of benzene rings is 1. The van der Waals surface area contributed by atoms with E-state index in [9.17, 15) is 13.2 Å². The van der Waals surface area contributed by atoms with Crippen LogP contribution in [0.25, 0.3) is 0 Å². The first-order valence-corrected chi connectivity index (χ1v) is 7.91. The van der Waals surface area contributed by atoms with Gasteiger partial charge in [-0.2, -0.15) is 12.7 Å². The van der Waals surface area contributed by atoms with Crippen molar-refractivity contribution in [2.75, 3.05) is 26.0 Å². The largest absolute Gasteiger partial charge is 0.326 e. The molecule has 1 aromatic rings. The Balaban J connectivity index is 1.96. The van der Waals surface area contributed by atoms with E-state index in [0.29, 0.717) is 19.4 Å². The molecule has 0 saturated carbocycles. The number of rotatable bonds is 5. The zero-order valence-corrected chi connectivity index (χ0v) is 12.5. The van der Waals surface area contributed by atoms with Crippen molar-refractivity contribution in [2.24, 2.45) is 0 Å². The van der Waals surface area contributed by atoms with Gasteiger partial charge in [0.2, 0.25) is 5.91 Å². The third kappa shape index (κ3) is 3.56. The molecule has 1 aliphatic rings. The molecule has 0 aliphatic carbocycles. The molecule has 7 heteroatoms. The first kappa shape index (κ1) is 15.0. The monoisotopic (exact) mass is 297 g/mol. The molecule has 0 radical (unpaired) electrons. The van der Waals surface area contributed by atoms with Crippen molar-refractivity contribution >= 4 is 21.8 Å². The van der Waals surface area contributed by atoms with E-state index in [1.807, 2.05) is 18.2 Å².